The highest BCUT2D eigenvalue weighted by Crippen LogP contribution is 2.24. The number of nitrogens with zero attached hydrogens (tertiary/aromatic N) is 1. The maximum atomic E-state index is 12.5. The van der Waals surface area contributed by atoms with E-state index in [0.29, 0.717) is 17.7 Å². The van der Waals surface area contributed by atoms with Crippen LogP contribution in [-0.2, 0) is 28.1 Å². The Balaban J connectivity index is 1.48. The number of benzene rings is 2. The molecule has 0 saturated carbocycles. The van der Waals surface area contributed by atoms with Gasteiger partial charge in [0.1, 0.15) is 0 Å². The number of nitrogens with one attached hydrogen (secondary N) is 2. The van der Waals surface area contributed by atoms with Gasteiger partial charge in [-0.3, -0.25) is 4.79 Å². The number of carbonyl (C=O) groups is 1. The zero-order valence-corrected chi connectivity index (χ0v) is 20.7. The van der Waals surface area contributed by atoms with Crippen LogP contribution in [0.2, 0.25) is 0 Å². The highest BCUT2D eigenvalue weighted by molar-refractivity contribution is 7.98. The predicted octanol–water partition coefficient (Wildman–Crippen LogP) is 4.50. The normalized spacial score (nSPS) is 11.6. The van der Waals surface area contributed by atoms with E-state index in [0.717, 1.165) is 26.9 Å². The van der Waals surface area contributed by atoms with Gasteiger partial charge in [-0.2, -0.15) is 0 Å². The Morgan fingerprint density at radius 1 is 1.06 bits per heavy atom. The second kappa shape index (κ2) is 11.1. The van der Waals surface area contributed by atoms with Crippen LogP contribution in [0.3, 0.4) is 0 Å². The third kappa shape index (κ3) is 7.74. The maximum Gasteiger partial charge on any atom is 0.251 e. The number of amides is 1. The van der Waals surface area contributed by atoms with Crippen LogP contribution < -0.4 is 10.0 Å². The molecule has 0 fully saturated rings. The molecule has 1 amide bonds. The van der Waals surface area contributed by atoms with Gasteiger partial charge in [-0.25, -0.2) is 18.1 Å². The third-order valence-corrected chi connectivity index (χ3v) is 7.83. The second-order valence-corrected chi connectivity index (χ2v) is 11.6. The van der Waals surface area contributed by atoms with E-state index >= 15 is 0 Å². The van der Waals surface area contributed by atoms with Gasteiger partial charge in [-0.05, 0) is 56.2 Å². The zero-order chi connectivity index (χ0) is 23.1. The number of thioether (sulfide) groups is 1. The van der Waals surface area contributed by atoms with Crippen molar-refractivity contribution in [2.75, 3.05) is 0 Å². The lowest BCUT2D eigenvalue weighted by atomic mass is 10.1. The molecule has 0 aliphatic heterocycles. The summed E-state index contributed by atoms with van der Waals surface area (Å²) in [5.41, 5.74) is 3.27. The average molecular weight is 490 g/mol. The number of sulfonamides is 1. The van der Waals surface area contributed by atoms with Gasteiger partial charge in [-0.15, -0.1) is 23.1 Å². The molecule has 3 aromatic rings. The van der Waals surface area contributed by atoms with Crippen molar-refractivity contribution in [3.05, 3.63) is 81.3 Å². The fourth-order valence-electron chi connectivity index (χ4n) is 2.99. The summed E-state index contributed by atoms with van der Waals surface area (Å²) in [5.74, 6) is 0.592. The molecule has 170 valence electrons. The summed E-state index contributed by atoms with van der Waals surface area (Å²) in [7, 11) is -3.36. The van der Waals surface area contributed by atoms with Crippen molar-refractivity contribution in [3.8, 4) is 0 Å². The zero-order valence-electron chi connectivity index (χ0n) is 18.3. The summed E-state index contributed by atoms with van der Waals surface area (Å²) < 4.78 is 26.6. The number of carbonyl (C=O) groups excluding carboxylic acids is 1. The molecule has 3 rings (SSSR count). The Morgan fingerprint density at radius 2 is 1.72 bits per heavy atom. The van der Waals surface area contributed by atoms with E-state index in [-0.39, 0.29) is 17.7 Å². The summed E-state index contributed by atoms with van der Waals surface area (Å²) in [6.07, 6.45) is 0. The first-order valence-electron chi connectivity index (χ1n) is 10.2. The molecule has 0 aliphatic carbocycles. The van der Waals surface area contributed by atoms with Crippen LogP contribution in [0, 0.1) is 6.92 Å². The van der Waals surface area contributed by atoms with E-state index in [9.17, 15) is 13.2 Å². The summed E-state index contributed by atoms with van der Waals surface area (Å²) in [5, 5.41) is 6.04. The second-order valence-electron chi connectivity index (χ2n) is 7.70. The highest BCUT2D eigenvalue weighted by Gasteiger charge is 2.13. The van der Waals surface area contributed by atoms with Crippen LogP contribution in [0.25, 0.3) is 0 Å². The van der Waals surface area contributed by atoms with Crippen molar-refractivity contribution in [1.29, 1.82) is 0 Å². The predicted molar refractivity (Wildman–Crippen MR) is 131 cm³/mol. The smallest absolute Gasteiger partial charge is 0.251 e. The molecule has 0 bridgehead atoms. The van der Waals surface area contributed by atoms with Gasteiger partial charge in [0, 0.05) is 34.2 Å². The summed E-state index contributed by atoms with van der Waals surface area (Å²) in [6, 6.07) is 14.6. The largest absolute Gasteiger partial charge is 0.348 e. The topological polar surface area (TPSA) is 88.2 Å². The van der Waals surface area contributed by atoms with Gasteiger partial charge in [0.05, 0.1) is 16.5 Å². The van der Waals surface area contributed by atoms with Crippen LogP contribution >= 0.6 is 23.1 Å². The summed E-state index contributed by atoms with van der Waals surface area (Å²) in [4.78, 5) is 18.0. The van der Waals surface area contributed by atoms with Gasteiger partial charge in [0.15, 0.2) is 0 Å². The van der Waals surface area contributed by atoms with Crippen LogP contribution in [0.5, 0.6) is 0 Å². The molecule has 1 aromatic heterocycles. The van der Waals surface area contributed by atoms with Gasteiger partial charge >= 0.3 is 0 Å². The molecule has 2 N–H and O–H groups in total. The molecule has 0 atom stereocenters. The lowest BCUT2D eigenvalue weighted by molar-refractivity contribution is 0.0951. The van der Waals surface area contributed by atoms with E-state index in [4.69, 9.17) is 0 Å². The summed E-state index contributed by atoms with van der Waals surface area (Å²) in [6.45, 7) is 5.95. The van der Waals surface area contributed by atoms with E-state index in [1.807, 2.05) is 43.3 Å². The molecule has 2 aromatic carbocycles. The van der Waals surface area contributed by atoms with Crippen LogP contribution in [0.15, 0.2) is 58.8 Å². The van der Waals surface area contributed by atoms with E-state index in [2.05, 4.69) is 20.4 Å². The Hall–Kier alpha value is -2.20. The molecular formula is C23H27N3O3S3. The highest BCUT2D eigenvalue weighted by atomic mass is 32.2. The fraction of sp³-hybridized carbons (Fsp3) is 0.304. The Bertz CT molecular complexity index is 1140. The van der Waals surface area contributed by atoms with Gasteiger partial charge in [-0.1, -0.05) is 24.3 Å². The SMILES string of the molecule is Cc1nc(CSc2ccc(C(=O)NCc3ccc(CS(=O)(=O)NC(C)C)cc3)cc2)cs1. The first-order chi connectivity index (χ1) is 15.2. The molecule has 0 unspecified atom stereocenters. The maximum absolute atomic E-state index is 12.5. The molecule has 0 radical (unpaired) electrons. The molecule has 9 heteroatoms. The van der Waals surface area contributed by atoms with Crippen molar-refractivity contribution in [1.82, 2.24) is 15.0 Å². The van der Waals surface area contributed by atoms with Crippen LogP contribution in [-0.4, -0.2) is 25.4 Å². The van der Waals surface area contributed by atoms with Crippen molar-refractivity contribution in [2.24, 2.45) is 0 Å². The number of hydrogen-bond acceptors (Lipinski definition) is 6. The van der Waals surface area contributed by atoms with Gasteiger partial charge in [0.2, 0.25) is 10.0 Å². The quantitative estimate of drug-likeness (QED) is 0.409. The van der Waals surface area contributed by atoms with Crippen LogP contribution in [0.1, 0.15) is 46.0 Å². The van der Waals surface area contributed by atoms with Crippen molar-refractivity contribution in [2.45, 2.75) is 49.8 Å². The molecule has 1 heterocycles. The Kier molecular flexibility index (Phi) is 8.47. The lowest BCUT2D eigenvalue weighted by Crippen LogP contribution is -2.31. The number of aryl methyl sites for hydroxylation is 1. The lowest BCUT2D eigenvalue weighted by Gasteiger charge is -2.10. The monoisotopic (exact) mass is 489 g/mol. The molecule has 0 spiro atoms. The number of aromatic nitrogens is 1. The molecule has 0 aliphatic rings. The van der Waals surface area contributed by atoms with E-state index in [1.54, 1.807) is 49.1 Å². The van der Waals surface area contributed by atoms with Crippen molar-refractivity contribution < 1.29 is 13.2 Å². The molecule has 0 saturated heterocycles. The van der Waals surface area contributed by atoms with E-state index < -0.39 is 10.0 Å². The minimum Gasteiger partial charge on any atom is -0.348 e. The van der Waals surface area contributed by atoms with Crippen molar-refractivity contribution in [3.63, 3.8) is 0 Å². The molecular weight excluding hydrogens is 462 g/mol. The number of thiazole rings is 1. The molecule has 6 nitrogen and oxygen atoms in total. The Morgan fingerprint density at radius 3 is 2.31 bits per heavy atom. The van der Waals surface area contributed by atoms with E-state index in [1.165, 1.54) is 0 Å². The summed E-state index contributed by atoms with van der Waals surface area (Å²) >= 11 is 3.34. The van der Waals surface area contributed by atoms with Crippen LogP contribution in [0.4, 0.5) is 0 Å². The van der Waals surface area contributed by atoms with Gasteiger partial charge < -0.3 is 5.32 Å². The number of hydrogen-bond donors (Lipinski definition) is 2. The first-order valence-corrected chi connectivity index (χ1v) is 13.7. The standard InChI is InChI=1S/C23H27N3O3S3/c1-16(2)26-32(28,29)15-19-6-4-18(5-7-19)12-24-23(27)20-8-10-22(11-9-20)31-14-21-13-30-17(3)25-21/h4-11,13,16,26H,12,14-15H2,1-3H3,(H,24,27). The minimum absolute atomic E-state index is 0.0652. The molecule has 32 heavy (non-hydrogen) atoms. The van der Waals surface area contributed by atoms with Gasteiger partial charge in [0.25, 0.3) is 5.91 Å². The average Bonchev–Trinajstić information content (AvgIpc) is 3.16. The first kappa shape index (κ1) is 24.4. The fourth-order valence-corrected chi connectivity index (χ4v) is 5.93. The van der Waals surface area contributed by atoms with Crippen molar-refractivity contribution >= 4 is 39.0 Å². The Labute approximate surface area is 197 Å². The third-order valence-electron chi connectivity index (χ3n) is 4.42. The minimum atomic E-state index is -3.36. The number of rotatable bonds is 10.